The third-order valence-corrected chi connectivity index (χ3v) is 6.29. The van der Waals surface area contributed by atoms with Crippen LogP contribution in [0.4, 0.5) is 0 Å². The van der Waals surface area contributed by atoms with Crippen LogP contribution in [0, 0.1) is 0 Å². The SMILES string of the molecule is CC1CCCC(C)N1C(=O)COc1ccc(C(=O)NC2(CN)CCCC2)cc1.Cl. The highest BCUT2D eigenvalue weighted by Crippen LogP contribution is 2.29. The maximum Gasteiger partial charge on any atom is 0.260 e. The first-order valence-corrected chi connectivity index (χ1v) is 10.5. The van der Waals surface area contributed by atoms with Crippen molar-refractivity contribution in [1.82, 2.24) is 10.2 Å². The number of benzene rings is 1. The van der Waals surface area contributed by atoms with Crippen LogP contribution < -0.4 is 15.8 Å². The molecule has 1 aromatic carbocycles. The van der Waals surface area contributed by atoms with Crippen molar-refractivity contribution in [2.24, 2.45) is 5.73 Å². The van der Waals surface area contributed by atoms with Crippen LogP contribution in [0.5, 0.6) is 5.75 Å². The van der Waals surface area contributed by atoms with Crippen LogP contribution in [-0.2, 0) is 4.79 Å². The van der Waals surface area contributed by atoms with Gasteiger partial charge in [0.05, 0.1) is 5.54 Å². The van der Waals surface area contributed by atoms with Crippen molar-refractivity contribution in [2.75, 3.05) is 13.2 Å². The summed E-state index contributed by atoms with van der Waals surface area (Å²) in [4.78, 5) is 27.1. The second-order valence-corrected chi connectivity index (χ2v) is 8.39. The lowest BCUT2D eigenvalue weighted by Gasteiger charge is -2.38. The summed E-state index contributed by atoms with van der Waals surface area (Å²) < 4.78 is 5.68. The fraction of sp³-hybridized carbons (Fsp3) is 0.636. The second-order valence-electron chi connectivity index (χ2n) is 8.39. The van der Waals surface area contributed by atoms with Crippen molar-refractivity contribution >= 4 is 24.2 Å². The van der Waals surface area contributed by atoms with Gasteiger partial charge in [0, 0.05) is 24.2 Å². The standard InChI is InChI=1S/C22H33N3O3.ClH/c1-16-6-5-7-17(2)25(16)20(26)14-28-19-10-8-18(9-11-19)21(27)24-22(15-23)12-3-4-13-22;/h8-11,16-17H,3-7,12-15,23H2,1-2H3,(H,24,27);1H. The lowest BCUT2D eigenvalue weighted by atomic mass is 9.97. The summed E-state index contributed by atoms with van der Waals surface area (Å²) in [5.74, 6) is 0.509. The lowest BCUT2D eigenvalue weighted by molar-refractivity contribution is -0.139. The largest absolute Gasteiger partial charge is 0.484 e. The number of carbonyl (C=O) groups excluding carboxylic acids is 2. The monoisotopic (exact) mass is 423 g/mol. The number of halogens is 1. The smallest absolute Gasteiger partial charge is 0.260 e. The van der Waals surface area contributed by atoms with E-state index in [0.29, 0.717) is 17.9 Å². The van der Waals surface area contributed by atoms with Crippen LogP contribution >= 0.6 is 12.4 Å². The molecular formula is C22H34ClN3O3. The van der Waals surface area contributed by atoms with E-state index in [-0.39, 0.29) is 48.5 Å². The van der Waals surface area contributed by atoms with Crippen LogP contribution in [0.25, 0.3) is 0 Å². The maximum absolute atomic E-state index is 12.6. The summed E-state index contributed by atoms with van der Waals surface area (Å²) in [5, 5.41) is 3.12. The Morgan fingerprint density at radius 1 is 1.10 bits per heavy atom. The fourth-order valence-electron chi connectivity index (χ4n) is 4.58. The number of amides is 2. The Hall–Kier alpha value is -1.79. The van der Waals surface area contributed by atoms with E-state index in [0.717, 1.165) is 38.5 Å². The third-order valence-electron chi connectivity index (χ3n) is 6.29. The topological polar surface area (TPSA) is 84.7 Å². The molecule has 0 spiro atoms. The predicted molar refractivity (Wildman–Crippen MR) is 117 cm³/mol. The molecule has 2 fully saturated rings. The molecule has 0 radical (unpaired) electrons. The normalized spacial score (nSPS) is 23.2. The Labute approximate surface area is 179 Å². The predicted octanol–water partition coefficient (Wildman–Crippen LogP) is 3.28. The highest BCUT2D eigenvalue weighted by molar-refractivity contribution is 5.94. The molecule has 2 atom stereocenters. The van der Waals surface area contributed by atoms with Gasteiger partial charge in [-0.15, -0.1) is 12.4 Å². The fourth-order valence-corrected chi connectivity index (χ4v) is 4.58. The number of nitrogens with zero attached hydrogens (tertiary/aromatic N) is 1. The van der Waals surface area contributed by atoms with Gasteiger partial charge < -0.3 is 20.7 Å². The van der Waals surface area contributed by atoms with Gasteiger partial charge in [0.1, 0.15) is 5.75 Å². The van der Waals surface area contributed by atoms with Gasteiger partial charge in [0.2, 0.25) is 0 Å². The molecule has 2 unspecified atom stereocenters. The number of likely N-dealkylation sites (tertiary alicyclic amines) is 1. The zero-order valence-electron chi connectivity index (χ0n) is 17.5. The van der Waals surface area contributed by atoms with Crippen molar-refractivity contribution in [3.05, 3.63) is 29.8 Å². The van der Waals surface area contributed by atoms with Crippen LogP contribution in [0.3, 0.4) is 0 Å². The second kappa shape index (κ2) is 10.3. The molecule has 1 heterocycles. The van der Waals surface area contributed by atoms with Gasteiger partial charge in [-0.2, -0.15) is 0 Å². The minimum Gasteiger partial charge on any atom is -0.484 e. The minimum atomic E-state index is -0.263. The van der Waals surface area contributed by atoms with E-state index in [1.165, 1.54) is 6.42 Å². The summed E-state index contributed by atoms with van der Waals surface area (Å²) in [5.41, 5.74) is 6.21. The van der Waals surface area contributed by atoms with Crippen LogP contribution in [0.1, 0.15) is 69.2 Å². The van der Waals surface area contributed by atoms with E-state index >= 15 is 0 Å². The molecule has 2 amide bonds. The van der Waals surface area contributed by atoms with Gasteiger partial charge in [-0.3, -0.25) is 9.59 Å². The summed E-state index contributed by atoms with van der Waals surface area (Å²) in [7, 11) is 0. The molecule has 3 N–H and O–H groups in total. The van der Waals surface area contributed by atoms with Gasteiger partial charge in [-0.05, 0) is 70.2 Å². The van der Waals surface area contributed by atoms with Gasteiger partial charge in [0.25, 0.3) is 11.8 Å². The Bertz CT molecular complexity index is 679. The molecule has 1 aromatic rings. The third kappa shape index (κ3) is 5.64. The first-order chi connectivity index (χ1) is 13.4. The molecule has 1 aliphatic carbocycles. The number of ether oxygens (including phenoxy) is 1. The molecule has 1 saturated heterocycles. The summed E-state index contributed by atoms with van der Waals surface area (Å²) in [6, 6.07) is 7.48. The molecule has 162 valence electrons. The molecule has 0 aromatic heterocycles. The lowest BCUT2D eigenvalue weighted by Crippen LogP contribution is -2.51. The average Bonchev–Trinajstić information content (AvgIpc) is 3.15. The first kappa shape index (κ1) is 23.5. The molecule has 1 aliphatic heterocycles. The molecule has 7 heteroatoms. The van der Waals surface area contributed by atoms with Crippen molar-refractivity contribution in [1.29, 1.82) is 0 Å². The zero-order chi connectivity index (χ0) is 20.1. The molecule has 0 bridgehead atoms. The molecule has 3 rings (SSSR count). The van der Waals surface area contributed by atoms with E-state index in [1.54, 1.807) is 24.3 Å². The van der Waals surface area contributed by atoms with Crippen molar-refractivity contribution in [3.8, 4) is 5.75 Å². The Morgan fingerprint density at radius 3 is 2.24 bits per heavy atom. The highest BCUT2D eigenvalue weighted by atomic mass is 35.5. The van der Waals surface area contributed by atoms with Gasteiger partial charge in [0.15, 0.2) is 6.61 Å². The van der Waals surface area contributed by atoms with Crippen molar-refractivity contribution in [2.45, 2.75) is 76.4 Å². The van der Waals surface area contributed by atoms with Crippen LogP contribution in [0.15, 0.2) is 24.3 Å². The quantitative estimate of drug-likeness (QED) is 0.735. The van der Waals surface area contributed by atoms with E-state index in [4.69, 9.17) is 10.5 Å². The molecule has 2 aliphatic rings. The van der Waals surface area contributed by atoms with E-state index in [2.05, 4.69) is 19.2 Å². The summed E-state index contributed by atoms with van der Waals surface area (Å²) in [6.07, 6.45) is 7.34. The van der Waals surface area contributed by atoms with Crippen LogP contribution in [-0.4, -0.2) is 47.5 Å². The number of hydrogen-bond acceptors (Lipinski definition) is 4. The number of carbonyl (C=O) groups is 2. The van der Waals surface area contributed by atoms with Gasteiger partial charge in [-0.1, -0.05) is 12.8 Å². The highest BCUT2D eigenvalue weighted by Gasteiger charge is 2.34. The summed E-state index contributed by atoms with van der Waals surface area (Å²) in [6.45, 7) is 4.69. The number of nitrogens with two attached hydrogens (primary N) is 1. The Morgan fingerprint density at radius 2 is 1.69 bits per heavy atom. The summed E-state index contributed by atoms with van der Waals surface area (Å²) >= 11 is 0. The van der Waals surface area contributed by atoms with Gasteiger partial charge >= 0.3 is 0 Å². The van der Waals surface area contributed by atoms with Crippen molar-refractivity contribution < 1.29 is 14.3 Å². The minimum absolute atomic E-state index is 0. The van der Waals surface area contributed by atoms with Crippen molar-refractivity contribution in [3.63, 3.8) is 0 Å². The molecule has 6 nitrogen and oxygen atoms in total. The molecular weight excluding hydrogens is 390 g/mol. The number of rotatable bonds is 6. The van der Waals surface area contributed by atoms with E-state index in [9.17, 15) is 9.59 Å². The average molecular weight is 424 g/mol. The first-order valence-electron chi connectivity index (χ1n) is 10.5. The Kier molecular flexibility index (Phi) is 8.34. The van der Waals surface area contributed by atoms with E-state index < -0.39 is 0 Å². The van der Waals surface area contributed by atoms with Gasteiger partial charge in [-0.25, -0.2) is 0 Å². The Balaban J connectivity index is 0.00000300. The maximum atomic E-state index is 12.6. The molecule has 29 heavy (non-hydrogen) atoms. The molecule has 1 saturated carbocycles. The zero-order valence-corrected chi connectivity index (χ0v) is 18.3. The number of hydrogen-bond donors (Lipinski definition) is 2. The van der Waals surface area contributed by atoms with E-state index in [1.807, 2.05) is 4.90 Å². The number of piperidine rings is 1. The van der Waals surface area contributed by atoms with Crippen LogP contribution in [0.2, 0.25) is 0 Å². The number of nitrogens with one attached hydrogen (secondary N) is 1.